The summed E-state index contributed by atoms with van der Waals surface area (Å²) in [5.41, 5.74) is 7.07. The van der Waals surface area contributed by atoms with Crippen molar-refractivity contribution >= 4 is 38.2 Å². The smallest absolute Gasteiger partial charge is 0.319 e. The summed E-state index contributed by atoms with van der Waals surface area (Å²) < 4.78 is 28.9. The first-order valence-corrected chi connectivity index (χ1v) is 11.6. The van der Waals surface area contributed by atoms with Crippen molar-refractivity contribution in [3.63, 3.8) is 0 Å². The number of nitrogens with zero attached hydrogens (tertiary/aromatic N) is 3. The van der Waals surface area contributed by atoms with E-state index in [0.29, 0.717) is 31.9 Å². The number of piperazine rings is 1. The van der Waals surface area contributed by atoms with Gasteiger partial charge in [-0.1, -0.05) is 6.07 Å². The van der Waals surface area contributed by atoms with Gasteiger partial charge in [0.25, 0.3) is 0 Å². The Kier molecular flexibility index (Phi) is 5.06. The Hall–Kier alpha value is -2.52. The molecule has 8 nitrogen and oxygen atoms in total. The monoisotopic (exact) mass is 431 g/mol. The molecule has 1 saturated heterocycles. The molecule has 30 heavy (non-hydrogen) atoms. The summed E-state index contributed by atoms with van der Waals surface area (Å²) >= 11 is 0. The molecule has 1 heterocycles. The summed E-state index contributed by atoms with van der Waals surface area (Å²) in [4.78, 5) is 18.0. The second-order valence-electron chi connectivity index (χ2n) is 8.74. The molecule has 2 aliphatic rings. The summed E-state index contributed by atoms with van der Waals surface area (Å²) in [5.74, 6) is 0. The third-order valence-electron chi connectivity index (χ3n) is 5.89. The molecule has 9 heteroatoms. The van der Waals surface area contributed by atoms with Crippen LogP contribution in [0.15, 0.2) is 35.2 Å². The van der Waals surface area contributed by atoms with E-state index in [-0.39, 0.29) is 16.5 Å². The van der Waals surface area contributed by atoms with E-state index in [4.69, 9.17) is 5.73 Å². The van der Waals surface area contributed by atoms with Gasteiger partial charge in [-0.2, -0.15) is 0 Å². The number of carbonyl (C=O) groups is 1. The van der Waals surface area contributed by atoms with Crippen LogP contribution in [0.2, 0.25) is 0 Å². The highest BCUT2D eigenvalue weighted by atomic mass is 32.2. The molecule has 162 valence electrons. The Morgan fingerprint density at radius 2 is 1.77 bits per heavy atom. The van der Waals surface area contributed by atoms with E-state index < -0.39 is 10.0 Å². The van der Waals surface area contributed by atoms with Crippen LogP contribution in [0, 0.1) is 0 Å². The molecule has 0 spiro atoms. The number of carbonyl (C=O) groups excluding carboxylic acids is 1. The van der Waals surface area contributed by atoms with E-state index in [1.54, 1.807) is 31.1 Å². The number of nitrogens with one attached hydrogen (secondary N) is 1. The number of anilines is 2. The van der Waals surface area contributed by atoms with Crippen LogP contribution in [0.25, 0.3) is 10.8 Å². The average molecular weight is 432 g/mol. The summed E-state index contributed by atoms with van der Waals surface area (Å²) in [6.07, 6.45) is 1.70. The molecule has 0 unspecified atom stereocenters. The van der Waals surface area contributed by atoms with Crippen molar-refractivity contribution in [1.82, 2.24) is 14.5 Å². The molecule has 1 saturated carbocycles. The number of amides is 2. The molecule has 2 aromatic rings. The fourth-order valence-corrected chi connectivity index (χ4v) is 5.37. The normalized spacial score (nSPS) is 18.5. The van der Waals surface area contributed by atoms with Crippen molar-refractivity contribution in [3.05, 3.63) is 30.3 Å². The Balaban J connectivity index is 1.69. The van der Waals surface area contributed by atoms with Gasteiger partial charge in [0.2, 0.25) is 10.0 Å². The SMILES string of the molecule is CN(C)C(=O)N1CCN(c2cc(S(=O)(=O)NC3(C)CC3)cc3cc(N)ccc23)CC1. The van der Waals surface area contributed by atoms with Gasteiger partial charge in [-0.25, -0.2) is 17.9 Å². The molecule has 0 atom stereocenters. The fraction of sp³-hybridized carbons (Fsp3) is 0.476. The van der Waals surface area contributed by atoms with Gasteiger partial charge < -0.3 is 20.4 Å². The van der Waals surface area contributed by atoms with Crippen molar-refractivity contribution in [3.8, 4) is 0 Å². The first-order valence-electron chi connectivity index (χ1n) is 10.2. The van der Waals surface area contributed by atoms with Crippen LogP contribution in [-0.4, -0.2) is 70.1 Å². The van der Waals surface area contributed by atoms with E-state index >= 15 is 0 Å². The van der Waals surface area contributed by atoms with Gasteiger partial charge in [-0.3, -0.25) is 0 Å². The molecule has 1 aliphatic heterocycles. The molecular formula is C21H29N5O3S. The highest BCUT2D eigenvalue weighted by Crippen LogP contribution is 2.37. The zero-order chi connectivity index (χ0) is 21.7. The topological polar surface area (TPSA) is 99.0 Å². The molecule has 2 fully saturated rings. The number of nitrogens with two attached hydrogens (primary N) is 1. The zero-order valence-electron chi connectivity index (χ0n) is 17.7. The third kappa shape index (κ3) is 4.04. The molecule has 0 aromatic heterocycles. The minimum Gasteiger partial charge on any atom is -0.399 e. The lowest BCUT2D eigenvalue weighted by Crippen LogP contribution is -2.51. The lowest BCUT2D eigenvalue weighted by atomic mass is 10.1. The maximum Gasteiger partial charge on any atom is 0.319 e. The van der Waals surface area contributed by atoms with Crippen molar-refractivity contribution in [2.24, 2.45) is 0 Å². The zero-order valence-corrected chi connectivity index (χ0v) is 18.5. The molecule has 2 aromatic carbocycles. The molecule has 3 N–H and O–H groups in total. The van der Waals surface area contributed by atoms with Crippen LogP contribution in [-0.2, 0) is 10.0 Å². The van der Waals surface area contributed by atoms with Gasteiger partial charge in [-0.15, -0.1) is 0 Å². The van der Waals surface area contributed by atoms with Gasteiger partial charge >= 0.3 is 6.03 Å². The number of fused-ring (bicyclic) bond motifs is 1. The number of hydrogen-bond donors (Lipinski definition) is 2. The Bertz CT molecular complexity index is 1090. The Labute approximate surface area is 177 Å². The quantitative estimate of drug-likeness (QED) is 0.722. The summed E-state index contributed by atoms with van der Waals surface area (Å²) in [5, 5.41) is 1.74. The first kappa shape index (κ1) is 20.7. The molecule has 1 aliphatic carbocycles. The van der Waals surface area contributed by atoms with E-state index in [0.717, 1.165) is 29.3 Å². The third-order valence-corrected chi connectivity index (χ3v) is 7.51. The van der Waals surface area contributed by atoms with Crippen molar-refractivity contribution < 1.29 is 13.2 Å². The van der Waals surface area contributed by atoms with Gasteiger partial charge in [-0.05, 0) is 49.4 Å². The molecular weight excluding hydrogens is 402 g/mol. The second kappa shape index (κ2) is 7.31. The van der Waals surface area contributed by atoms with Crippen LogP contribution in [0.4, 0.5) is 16.2 Å². The fourth-order valence-electron chi connectivity index (χ4n) is 3.85. The minimum atomic E-state index is -3.65. The summed E-state index contributed by atoms with van der Waals surface area (Å²) in [6.45, 7) is 4.36. The van der Waals surface area contributed by atoms with E-state index in [1.807, 2.05) is 30.0 Å². The summed E-state index contributed by atoms with van der Waals surface area (Å²) in [6, 6.07) is 9.00. The number of rotatable bonds is 4. The standard InChI is InChI=1S/C21H29N5O3S/c1-21(6-7-21)23-30(28,29)17-13-15-12-16(22)4-5-18(15)19(14-17)25-8-10-26(11-9-25)20(27)24(2)3/h4-5,12-14,23H,6-11,22H2,1-3H3. The van der Waals surface area contributed by atoms with Crippen LogP contribution in [0.1, 0.15) is 19.8 Å². The average Bonchev–Trinajstić information content (AvgIpc) is 3.42. The lowest BCUT2D eigenvalue weighted by Gasteiger charge is -2.37. The van der Waals surface area contributed by atoms with Crippen molar-refractivity contribution in [1.29, 1.82) is 0 Å². The predicted octanol–water partition coefficient (Wildman–Crippen LogP) is 2.06. The molecule has 0 radical (unpaired) electrons. The minimum absolute atomic E-state index is 0.00881. The second-order valence-corrected chi connectivity index (χ2v) is 10.4. The number of sulfonamides is 1. The number of benzene rings is 2. The van der Waals surface area contributed by atoms with Crippen molar-refractivity contribution in [2.75, 3.05) is 50.9 Å². The van der Waals surface area contributed by atoms with Gasteiger partial charge in [0.05, 0.1) is 4.90 Å². The highest BCUT2D eigenvalue weighted by Gasteiger charge is 2.41. The lowest BCUT2D eigenvalue weighted by molar-refractivity contribution is 0.168. The van der Waals surface area contributed by atoms with E-state index in [9.17, 15) is 13.2 Å². The highest BCUT2D eigenvalue weighted by molar-refractivity contribution is 7.89. The predicted molar refractivity (Wildman–Crippen MR) is 119 cm³/mol. The van der Waals surface area contributed by atoms with Crippen molar-refractivity contribution in [2.45, 2.75) is 30.2 Å². The molecule has 0 bridgehead atoms. The molecule has 2 amide bonds. The Morgan fingerprint density at radius 3 is 2.37 bits per heavy atom. The van der Waals surface area contributed by atoms with Crippen LogP contribution in [0.5, 0.6) is 0 Å². The van der Waals surface area contributed by atoms with Crippen LogP contribution >= 0.6 is 0 Å². The van der Waals surface area contributed by atoms with Gasteiger partial charge in [0, 0.05) is 62.6 Å². The summed E-state index contributed by atoms with van der Waals surface area (Å²) in [7, 11) is -0.156. The maximum absolute atomic E-state index is 13.0. The maximum atomic E-state index is 13.0. The van der Waals surface area contributed by atoms with Crippen LogP contribution in [0.3, 0.4) is 0 Å². The van der Waals surface area contributed by atoms with E-state index in [1.165, 1.54) is 0 Å². The van der Waals surface area contributed by atoms with E-state index in [2.05, 4.69) is 9.62 Å². The number of urea groups is 1. The van der Waals surface area contributed by atoms with Crippen LogP contribution < -0.4 is 15.4 Å². The molecule has 4 rings (SSSR count). The first-order chi connectivity index (χ1) is 14.1. The number of nitrogen functional groups attached to an aromatic ring is 1. The van der Waals surface area contributed by atoms with Gasteiger partial charge in [0.15, 0.2) is 0 Å². The largest absolute Gasteiger partial charge is 0.399 e. The number of hydrogen-bond acceptors (Lipinski definition) is 5. The Morgan fingerprint density at radius 1 is 1.10 bits per heavy atom. The van der Waals surface area contributed by atoms with Gasteiger partial charge in [0.1, 0.15) is 0 Å².